The van der Waals surface area contributed by atoms with Crippen LogP contribution in [0.25, 0.3) is 6.08 Å². The van der Waals surface area contributed by atoms with E-state index in [0.29, 0.717) is 28.5 Å². The van der Waals surface area contributed by atoms with E-state index in [0.717, 1.165) is 26.7 Å². The van der Waals surface area contributed by atoms with Gasteiger partial charge in [0, 0.05) is 20.6 Å². The second-order valence-corrected chi connectivity index (χ2v) is 9.47. The van der Waals surface area contributed by atoms with Crippen molar-refractivity contribution in [1.82, 2.24) is 4.90 Å². The zero-order valence-corrected chi connectivity index (χ0v) is 20.3. The van der Waals surface area contributed by atoms with Crippen LogP contribution in [-0.2, 0) is 11.4 Å². The Morgan fingerprint density at radius 2 is 1.79 bits per heavy atom. The minimum atomic E-state index is -0.488. The molecule has 1 fully saturated rings. The quantitative estimate of drug-likeness (QED) is 0.249. The second-order valence-electron chi connectivity index (χ2n) is 7.15. The van der Waals surface area contributed by atoms with Gasteiger partial charge in [-0.1, -0.05) is 70.0 Å². The molecule has 166 valence electrons. The molecule has 33 heavy (non-hydrogen) atoms. The summed E-state index contributed by atoms with van der Waals surface area (Å²) in [5, 5.41) is 0.155. The number of carbonyl (C=O) groups excluding carboxylic acids is 3. The summed E-state index contributed by atoms with van der Waals surface area (Å²) >= 11 is 10.3. The number of ketones is 1. The third-order valence-corrected chi connectivity index (χ3v) is 6.65. The van der Waals surface area contributed by atoms with Gasteiger partial charge in [0.15, 0.2) is 5.78 Å². The molecule has 0 aliphatic carbocycles. The molecule has 2 amide bonds. The Labute approximate surface area is 208 Å². The average molecular weight is 543 g/mol. The summed E-state index contributed by atoms with van der Waals surface area (Å²) in [6.07, 6.45) is 1.62. The third kappa shape index (κ3) is 5.74. The number of ether oxygens (including phenoxy) is 1. The number of benzene rings is 3. The molecule has 0 saturated carbocycles. The van der Waals surface area contributed by atoms with E-state index in [1.807, 2.05) is 24.3 Å². The molecule has 0 radical (unpaired) electrons. The van der Waals surface area contributed by atoms with Gasteiger partial charge in [-0.3, -0.25) is 19.3 Å². The van der Waals surface area contributed by atoms with E-state index in [1.165, 1.54) is 0 Å². The van der Waals surface area contributed by atoms with Crippen molar-refractivity contribution in [3.05, 3.63) is 104 Å². The van der Waals surface area contributed by atoms with Gasteiger partial charge >= 0.3 is 0 Å². The van der Waals surface area contributed by atoms with E-state index < -0.39 is 11.1 Å². The summed E-state index contributed by atoms with van der Waals surface area (Å²) in [5.41, 5.74) is 2.00. The van der Waals surface area contributed by atoms with Crippen LogP contribution >= 0.6 is 39.3 Å². The number of halogens is 2. The molecule has 5 nitrogen and oxygen atoms in total. The average Bonchev–Trinajstić information content (AvgIpc) is 3.06. The summed E-state index contributed by atoms with van der Waals surface area (Å²) in [5.74, 6) is -0.188. The first-order valence-electron chi connectivity index (χ1n) is 9.91. The van der Waals surface area contributed by atoms with Gasteiger partial charge in [-0.25, -0.2) is 0 Å². The molecule has 1 saturated heterocycles. The van der Waals surface area contributed by atoms with Crippen LogP contribution in [0, 0.1) is 0 Å². The number of Topliss-reactive ketones (excluding diaryl/α,β-unsaturated/α-hetero) is 1. The minimum Gasteiger partial charge on any atom is -0.489 e. The maximum absolute atomic E-state index is 12.8. The Morgan fingerprint density at radius 1 is 1.03 bits per heavy atom. The summed E-state index contributed by atoms with van der Waals surface area (Å²) in [4.78, 5) is 38.9. The van der Waals surface area contributed by atoms with E-state index in [1.54, 1.807) is 54.6 Å². The molecule has 8 heteroatoms. The Bertz CT molecular complexity index is 1260. The van der Waals surface area contributed by atoms with E-state index >= 15 is 0 Å². The first kappa shape index (κ1) is 23.3. The molecule has 0 bridgehead atoms. The normalized spacial score (nSPS) is 14.7. The molecule has 0 aromatic heterocycles. The lowest BCUT2D eigenvalue weighted by Crippen LogP contribution is -2.33. The monoisotopic (exact) mass is 541 g/mol. The van der Waals surface area contributed by atoms with E-state index in [-0.39, 0.29) is 17.2 Å². The van der Waals surface area contributed by atoms with Crippen LogP contribution in [0.1, 0.15) is 21.5 Å². The fourth-order valence-electron chi connectivity index (χ4n) is 3.13. The van der Waals surface area contributed by atoms with Gasteiger partial charge in [0.05, 0.1) is 11.4 Å². The van der Waals surface area contributed by atoms with Gasteiger partial charge in [-0.05, 0) is 53.7 Å². The first-order chi connectivity index (χ1) is 15.9. The second kappa shape index (κ2) is 10.4. The molecule has 0 atom stereocenters. The number of carbonyl (C=O) groups is 3. The molecule has 1 aliphatic heterocycles. The minimum absolute atomic E-state index is 0.256. The van der Waals surface area contributed by atoms with Crippen LogP contribution in [0.3, 0.4) is 0 Å². The van der Waals surface area contributed by atoms with Crippen LogP contribution in [0.4, 0.5) is 4.79 Å². The topological polar surface area (TPSA) is 63.7 Å². The number of nitrogens with zero attached hydrogens (tertiary/aromatic N) is 1. The van der Waals surface area contributed by atoms with Gasteiger partial charge < -0.3 is 4.74 Å². The van der Waals surface area contributed by atoms with Crippen LogP contribution in [0.15, 0.2) is 82.2 Å². The van der Waals surface area contributed by atoms with Crippen molar-refractivity contribution >= 4 is 62.3 Å². The number of imide groups is 1. The Balaban J connectivity index is 1.44. The largest absolute Gasteiger partial charge is 0.489 e. The molecule has 3 aromatic carbocycles. The fraction of sp³-hybridized carbons (Fsp3) is 0.0800. The summed E-state index contributed by atoms with van der Waals surface area (Å²) in [6.45, 7) is 0.00242. The molecular weight excluding hydrogens is 526 g/mol. The van der Waals surface area contributed by atoms with Crippen LogP contribution in [-0.4, -0.2) is 28.4 Å². The highest BCUT2D eigenvalue weighted by Gasteiger charge is 2.36. The molecule has 1 aliphatic rings. The highest BCUT2D eigenvalue weighted by atomic mass is 79.9. The number of amides is 2. The lowest BCUT2D eigenvalue weighted by Gasteiger charge is -2.11. The van der Waals surface area contributed by atoms with E-state index in [2.05, 4.69) is 15.9 Å². The van der Waals surface area contributed by atoms with Crippen molar-refractivity contribution in [1.29, 1.82) is 0 Å². The van der Waals surface area contributed by atoms with Crippen molar-refractivity contribution in [2.75, 3.05) is 6.54 Å². The zero-order chi connectivity index (χ0) is 23.4. The molecule has 1 heterocycles. The van der Waals surface area contributed by atoms with Gasteiger partial charge in [-0.2, -0.15) is 0 Å². The lowest BCUT2D eigenvalue weighted by molar-refractivity contribution is -0.122. The van der Waals surface area contributed by atoms with Crippen molar-refractivity contribution in [2.24, 2.45) is 0 Å². The standard InChI is InChI=1S/C25H17BrClNO4S/c26-19-10-8-17(9-11-19)22(29)14-28-24(30)23(33-25(28)31)13-16-4-3-6-20(12-16)32-15-18-5-1-2-7-21(18)27/h1-13H,14-15H2/b23-13+. The molecule has 3 aromatic rings. The lowest BCUT2D eigenvalue weighted by atomic mass is 10.1. The first-order valence-corrected chi connectivity index (χ1v) is 11.9. The summed E-state index contributed by atoms with van der Waals surface area (Å²) in [7, 11) is 0. The predicted octanol–water partition coefficient (Wildman–Crippen LogP) is 6.60. The van der Waals surface area contributed by atoms with Crippen LogP contribution < -0.4 is 4.74 Å². The number of hydrogen-bond donors (Lipinski definition) is 0. The molecular formula is C25H17BrClNO4S. The number of hydrogen-bond acceptors (Lipinski definition) is 5. The molecule has 0 unspecified atom stereocenters. The van der Waals surface area contributed by atoms with Crippen molar-refractivity contribution in [3.63, 3.8) is 0 Å². The highest BCUT2D eigenvalue weighted by molar-refractivity contribution is 9.10. The Hall–Kier alpha value is -2.87. The Kier molecular flexibility index (Phi) is 7.33. The van der Waals surface area contributed by atoms with Crippen molar-refractivity contribution in [3.8, 4) is 5.75 Å². The molecule has 0 spiro atoms. The number of rotatable bonds is 7. The van der Waals surface area contributed by atoms with Gasteiger partial charge in [0.1, 0.15) is 12.4 Å². The number of thioether (sulfide) groups is 1. The van der Waals surface area contributed by atoms with Crippen molar-refractivity contribution in [2.45, 2.75) is 6.61 Å². The molecule has 4 rings (SSSR count). The third-order valence-electron chi connectivity index (χ3n) is 4.85. The summed E-state index contributed by atoms with van der Waals surface area (Å²) in [6, 6.07) is 21.4. The van der Waals surface area contributed by atoms with Crippen LogP contribution in [0.5, 0.6) is 5.75 Å². The van der Waals surface area contributed by atoms with Crippen molar-refractivity contribution < 1.29 is 19.1 Å². The smallest absolute Gasteiger partial charge is 0.293 e. The zero-order valence-electron chi connectivity index (χ0n) is 17.2. The Morgan fingerprint density at radius 3 is 2.55 bits per heavy atom. The predicted molar refractivity (Wildman–Crippen MR) is 133 cm³/mol. The van der Waals surface area contributed by atoms with Gasteiger partial charge in [-0.15, -0.1) is 0 Å². The highest BCUT2D eigenvalue weighted by Crippen LogP contribution is 2.33. The maximum Gasteiger partial charge on any atom is 0.293 e. The van der Waals surface area contributed by atoms with E-state index in [4.69, 9.17) is 16.3 Å². The SMILES string of the molecule is O=C(CN1C(=O)S/C(=C/c2cccc(OCc3ccccc3Cl)c2)C1=O)c1ccc(Br)cc1. The van der Waals surface area contributed by atoms with Gasteiger partial charge in [0.25, 0.3) is 11.1 Å². The van der Waals surface area contributed by atoms with Crippen LogP contribution in [0.2, 0.25) is 5.02 Å². The fourth-order valence-corrected chi connectivity index (χ4v) is 4.42. The van der Waals surface area contributed by atoms with Gasteiger partial charge in [0.2, 0.25) is 0 Å². The maximum atomic E-state index is 12.8. The van der Waals surface area contributed by atoms with E-state index in [9.17, 15) is 14.4 Å². The summed E-state index contributed by atoms with van der Waals surface area (Å²) < 4.78 is 6.67. The molecule has 0 N–H and O–H groups in total.